The minimum atomic E-state index is -0.0908. The topological polar surface area (TPSA) is 60.4 Å². The van der Waals surface area contributed by atoms with Crippen LogP contribution in [0.15, 0.2) is 12.2 Å². The molecule has 4 nitrogen and oxygen atoms in total. The van der Waals surface area contributed by atoms with Crippen LogP contribution in [-0.2, 0) is 19.1 Å². The first kappa shape index (κ1) is 33.5. The molecule has 0 aromatic rings. The number of ketones is 2. The first-order valence-corrected chi connectivity index (χ1v) is 14.7. The summed E-state index contributed by atoms with van der Waals surface area (Å²) in [6.07, 6.45) is 27.4. The van der Waals surface area contributed by atoms with Gasteiger partial charge < -0.3 is 4.74 Å². The second kappa shape index (κ2) is 25.6. The van der Waals surface area contributed by atoms with Crippen LogP contribution in [0.2, 0.25) is 0 Å². The van der Waals surface area contributed by atoms with Crippen LogP contribution >= 0.6 is 0 Å². The maximum Gasteiger partial charge on any atom is 0.305 e. The Hall–Kier alpha value is -1.45. The number of methoxy groups -OCH3 is 1. The number of carbonyl (C=O) groups excluding carboxylic acids is 3. The van der Waals surface area contributed by atoms with Crippen LogP contribution in [-0.4, -0.2) is 24.6 Å². The highest BCUT2D eigenvalue weighted by Gasteiger charge is 2.06. The van der Waals surface area contributed by atoms with E-state index >= 15 is 0 Å². The minimum Gasteiger partial charge on any atom is -0.469 e. The SMILES string of the molecule is COC(=O)CCCCCCCCC=CCCCCCCCCC(=O)CCCCC(=O)CCC(C)C. The smallest absolute Gasteiger partial charge is 0.305 e. The average molecular weight is 493 g/mol. The minimum absolute atomic E-state index is 0.0908. The lowest BCUT2D eigenvalue weighted by atomic mass is 10.0. The Morgan fingerprint density at radius 1 is 0.543 bits per heavy atom. The van der Waals surface area contributed by atoms with Crippen molar-refractivity contribution >= 4 is 17.5 Å². The number of Topliss-reactive ketones (excluding diaryl/α,β-unsaturated/α-hetero) is 2. The molecule has 4 heteroatoms. The molecule has 0 aromatic carbocycles. The molecule has 204 valence electrons. The maximum absolute atomic E-state index is 12.0. The molecular weight excluding hydrogens is 436 g/mol. The number of hydrogen-bond donors (Lipinski definition) is 0. The summed E-state index contributed by atoms with van der Waals surface area (Å²) < 4.78 is 4.65. The Morgan fingerprint density at radius 3 is 1.37 bits per heavy atom. The van der Waals surface area contributed by atoms with E-state index in [4.69, 9.17) is 0 Å². The number of esters is 1. The van der Waals surface area contributed by atoms with Crippen molar-refractivity contribution in [3.8, 4) is 0 Å². The normalized spacial score (nSPS) is 11.4. The number of hydrogen-bond acceptors (Lipinski definition) is 4. The monoisotopic (exact) mass is 492 g/mol. The highest BCUT2D eigenvalue weighted by molar-refractivity contribution is 5.79. The lowest BCUT2D eigenvalue weighted by Gasteiger charge is -2.04. The Labute approximate surface area is 217 Å². The second-order valence-corrected chi connectivity index (χ2v) is 10.6. The zero-order valence-electron chi connectivity index (χ0n) is 23.4. The van der Waals surface area contributed by atoms with Gasteiger partial charge in [-0.3, -0.25) is 14.4 Å². The first-order valence-electron chi connectivity index (χ1n) is 14.7. The fourth-order valence-corrected chi connectivity index (χ4v) is 4.21. The van der Waals surface area contributed by atoms with E-state index in [0.29, 0.717) is 43.2 Å². The average Bonchev–Trinajstić information content (AvgIpc) is 2.84. The molecule has 0 heterocycles. The Balaban J connectivity index is 3.30. The second-order valence-electron chi connectivity index (χ2n) is 10.6. The summed E-state index contributed by atoms with van der Waals surface area (Å²) in [5.41, 5.74) is 0. The first-order chi connectivity index (χ1) is 17.0. The van der Waals surface area contributed by atoms with E-state index in [1.165, 1.54) is 71.3 Å². The zero-order valence-corrected chi connectivity index (χ0v) is 23.4. The molecule has 0 aromatic heterocycles. The van der Waals surface area contributed by atoms with Gasteiger partial charge in [0.25, 0.3) is 0 Å². The molecule has 0 amide bonds. The molecule has 0 fully saturated rings. The highest BCUT2D eigenvalue weighted by Crippen LogP contribution is 2.13. The lowest BCUT2D eigenvalue weighted by Crippen LogP contribution is -2.02. The number of ether oxygens (including phenoxy) is 1. The van der Waals surface area contributed by atoms with Crippen molar-refractivity contribution in [2.75, 3.05) is 7.11 Å². The quantitative estimate of drug-likeness (QED) is 0.0686. The molecule has 0 rings (SSSR count). The van der Waals surface area contributed by atoms with Crippen LogP contribution < -0.4 is 0 Å². The van der Waals surface area contributed by atoms with Gasteiger partial charge in [-0.25, -0.2) is 0 Å². The van der Waals surface area contributed by atoms with Crippen LogP contribution in [0.25, 0.3) is 0 Å². The number of unbranched alkanes of at least 4 members (excludes halogenated alkanes) is 13. The van der Waals surface area contributed by atoms with E-state index in [2.05, 4.69) is 30.7 Å². The van der Waals surface area contributed by atoms with Crippen LogP contribution in [0.4, 0.5) is 0 Å². The van der Waals surface area contributed by atoms with Crippen molar-refractivity contribution in [1.82, 2.24) is 0 Å². The van der Waals surface area contributed by atoms with Gasteiger partial charge in [0, 0.05) is 32.1 Å². The van der Waals surface area contributed by atoms with Gasteiger partial charge in [0.15, 0.2) is 0 Å². The number of allylic oxidation sites excluding steroid dienone is 2. The lowest BCUT2D eigenvalue weighted by molar-refractivity contribution is -0.140. The third-order valence-corrected chi connectivity index (χ3v) is 6.63. The Morgan fingerprint density at radius 2 is 0.914 bits per heavy atom. The largest absolute Gasteiger partial charge is 0.469 e. The van der Waals surface area contributed by atoms with Gasteiger partial charge in [-0.2, -0.15) is 0 Å². The van der Waals surface area contributed by atoms with Crippen LogP contribution in [0.5, 0.6) is 0 Å². The molecule has 0 spiro atoms. The van der Waals surface area contributed by atoms with E-state index in [0.717, 1.165) is 51.4 Å². The van der Waals surface area contributed by atoms with Gasteiger partial charge in [0.2, 0.25) is 0 Å². The Kier molecular flexibility index (Phi) is 24.6. The molecule has 0 bridgehead atoms. The molecule has 0 saturated carbocycles. The zero-order chi connectivity index (χ0) is 26.0. The van der Waals surface area contributed by atoms with E-state index < -0.39 is 0 Å². The van der Waals surface area contributed by atoms with Gasteiger partial charge in [-0.15, -0.1) is 0 Å². The summed E-state index contributed by atoms with van der Waals surface area (Å²) in [6, 6.07) is 0. The summed E-state index contributed by atoms with van der Waals surface area (Å²) in [5.74, 6) is 1.24. The summed E-state index contributed by atoms with van der Waals surface area (Å²) >= 11 is 0. The fourth-order valence-electron chi connectivity index (χ4n) is 4.21. The molecule has 0 aliphatic heterocycles. The van der Waals surface area contributed by atoms with Gasteiger partial charge in [0.05, 0.1) is 7.11 Å². The molecule has 0 N–H and O–H groups in total. The van der Waals surface area contributed by atoms with Crippen LogP contribution in [0.1, 0.15) is 155 Å². The van der Waals surface area contributed by atoms with Gasteiger partial charge in [-0.05, 0) is 63.7 Å². The summed E-state index contributed by atoms with van der Waals surface area (Å²) in [7, 11) is 1.45. The maximum atomic E-state index is 12.0. The van der Waals surface area contributed by atoms with Gasteiger partial charge in [-0.1, -0.05) is 77.4 Å². The standard InChI is InChI=1S/C31H56O4/c1-28(2)26-27-30(33)24-21-20-23-29(32)22-18-16-14-12-10-8-6-4-5-7-9-11-13-15-17-19-25-31(34)35-3/h4-5,28H,6-27H2,1-3H3. The van der Waals surface area contributed by atoms with Gasteiger partial charge >= 0.3 is 5.97 Å². The summed E-state index contributed by atoms with van der Waals surface area (Å²) in [6.45, 7) is 4.30. The number of rotatable bonds is 26. The van der Waals surface area contributed by atoms with Crippen LogP contribution in [0, 0.1) is 5.92 Å². The highest BCUT2D eigenvalue weighted by atomic mass is 16.5. The third kappa shape index (κ3) is 27.0. The van der Waals surface area contributed by atoms with Crippen molar-refractivity contribution in [3.63, 3.8) is 0 Å². The summed E-state index contributed by atoms with van der Waals surface area (Å²) in [5, 5.41) is 0. The molecule has 0 atom stereocenters. The van der Waals surface area contributed by atoms with Crippen molar-refractivity contribution in [3.05, 3.63) is 12.2 Å². The Bertz CT molecular complexity index is 550. The van der Waals surface area contributed by atoms with Crippen molar-refractivity contribution in [2.24, 2.45) is 5.92 Å². The predicted octanol–water partition coefficient (Wildman–Crippen LogP) is 9.09. The van der Waals surface area contributed by atoms with Crippen molar-refractivity contribution < 1.29 is 19.1 Å². The fraction of sp³-hybridized carbons (Fsp3) is 0.839. The van der Waals surface area contributed by atoms with Crippen LogP contribution in [0.3, 0.4) is 0 Å². The summed E-state index contributed by atoms with van der Waals surface area (Å²) in [4.78, 5) is 34.8. The molecule has 0 aliphatic rings. The van der Waals surface area contributed by atoms with Gasteiger partial charge in [0.1, 0.15) is 11.6 Å². The molecule has 0 unspecified atom stereocenters. The molecule has 35 heavy (non-hydrogen) atoms. The van der Waals surface area contributed by atoms with E-state index in [1.54, 1.807) is 0 Å². The van der Waals surface area contributed by atoms with E-state index in [9.17, 15) is 14.4 Å². The molecule has 0 aliphatic carbocycles. The molecule has 0 saturated heterocycles. The molecular formula is C31H56O4. The van der Waals surface area contributed by atoms with E-state index in [-0.39, 0.29) is 5.97 Å². The molecule has 0 radical (unpaired) electrons. The third-order valence-electron chi connectivity index (χ3n) is 6.63. The van der Waals surface area contributed by atoms with Crippen molar-refractivity contribution in [2.45, 2.75) is 155 Å². The van der Waals surface area contributed by atoms with E-state index in [1.807, 2.05) is 0 Å². The predicted molar refractivity (Wildman–Crippen MR) is 148 cm³/mol. The van der Waals surface area contributed by atoms with Crippen molar-refractivity contribution in [1.29, 1.82) is 0 Å². The number of carbonyl (C=O) groups is 3.